The molecule has 8 heteroatoms. The SMILES string of the molecule is Cc1nc(Cc2ccc(F)cc2)sc1C(=O)N1C2CCNCC1CC2.Cl.Cl. The van der Waals surface area contributed by atoms with E-state index in [0.717, 1.165) is 53.5 Å². The maximum absolute atomic E-state index is 13.2. The third-order valence-corrected chi connectivity index (χ3v) is 6.34. The smallest absolute Gasteiger partial charge is 0.266 e. The van der Waals surface area contributed by atoms with E-state index in [9.17, 15) is 9.18 Å². The largest absolute Gasteiger partial charge is 0.331 e. The average Bonchev–Trinajstić information content (AvgIpc) is 3.07. The second-order valence-corrected chi connectivity index (χ2v) is 8.00. The molecule has 3 heterocycles. The molecule has 0 spiro atoms. The van der Waals surface area contributed by atoms with Crippen LogP contribution in [-0.4, -0.2) is 41.0 Å². The van der Waals surface area contributed by atoms with Crippen LogP contribution in [0.1, 0.15) is 45.2 Å². The van der Waals surface area contributed by atoms with Gasteiger partial charge < -0.3 is 10.2 Å². The zero-order valence-corrected chi connectivity index (χ0v) is 17.6. The van der Waals surface area contributed by atoms with Gasteiger partial charge in [0.15, 0.2) is 0 Å². The molecule has 2 unspecified atom stereocenters. The van der Waals surface area contributed by atoms with Gasteiger partial charge in [0.2, 0.25) is 0 Å². The number of nitrogens with zero attached hydrogens (tertiary/aromatic N) is 2. The van der Waals surface area contributed by atoms with Gasteiger partial charge in [0.25, 0.3) is 5.91 Å². The van der Waals surface area contributed by atoms with Crippen molar-refractivity contribution in [2.45, 2.75) is 44.7 Å². The normalized spacial score (nSPS) is 21.2. The maximum Gasteiger partial charge on any atom is 0.266 e. The molecule has 2 saturated heterocycles. The van der Waals surface area contributed by atoms with Gasteiger partial charge in [0.1, 0.15) is 10.7 Å². The van der Waals surface area contributed by atoms with Crippen molar-refractivity contribution < 1.29 is 9.18 Å². The van der Waals surface area contributed by atoms with E-state index in [1.165, 1.54) is 23.5 Å². The quantitative estimate of drug-likeness (QED) is 0.798. The Kier molecular flexibility index (Phi) is 7.63. The Morgan fingerprint density at radius 1 is 1.22 bits per heavy atom. The van der Waals surface area contributed by atoms with E-state index in [0.29, 0.717) is 18.5 Å². The minimum atomic E-state index is -0.236. The number of benzene rings is 1. The lowest BCUT2D eigenvalue weighted by Crippen LogP contribution is -2.42. The highest BCUT2D eigenvalue weighted by atomic mass is 35.5. The van der Waals surface area contributed by atoms with Crippen LogP contribution in [0, 0.1) is 12.7 Å². The molecule has 1 amide bonds. The molecule has 2 fully saturated rings. The molecule has 2 bridgehead atoms. The number of thiazole rings is 1. The highest BCUT2D eigenvalue weighted by molar-refractivity contribution is 7.13. The van der Waals surface area contributed by atoms with Crippen LogP contribution < -0.4 is 5.32 Å². The summed E-state index contributed by atoms with van der Waals surface area (Å²) in [4.78, 5) is 20.6. The van der Waals surface area contributed by atoms with Crippen molar-refractivity contribution in [3.8, 4) is 0 Å². The number of halogens is 3. The lowest BCUT2D eigenvalue weighted by atomic mass is 10.1. The van der Waals surface area contributed by atoms with E-state index in [2.05, 4.69) is 15.2 Å². The van der Waals surface area contributed by atoms with Gasteiger partial charge in [-0.3, -0.25) is 4.79 Å². The summed E-state index contributed by atoms with van der Waals surface area (Å²) in [7, 11) is 0. The van der Waals surface area contributed by atoms with Crippen LogP contribution in [0.15, 0.2) is 24.3 Å². The molecule has 1 aromatic carbocycles. The number of hydrogen-bond acceptors (Lipinski definition) is 4. The summed E-state index contributed by atoms with van der Waals surface area (Å²) in [6, 6.07) is 7.13. The van der Waals surface area contributed by atoms with Crippen molar-refractivity contribution in [1.29, 1.82) is 0 Å². The molecule has 0 radical (unpaired) electrons. The Hall–Kier alpha value is -1.21. The first kappa shape index (κ1) is 22.1. The van der Waals surface area contributed by atoms with E-state index in [1.54, 1.807) is 12.1 Å². The monoisotopic (exact) mass is 431 g/mol. The molecule has 4 nitrogen and oxygen atoms in total. The molecule has 148 valence electrons. The minimum absolute atomic E-state index is 0. The molecule has 0 saturated carbocycles. The Morgan fingerprint density at radius 3 is 2.67 bits per heavy atom. The first-order valence-electron chi connectivity index (χ1n) is 8.86. The number of carbonyl (C=O) groups is 1. The molecule has 0 aliphatic carbocycles. The van der Waals surface area contributed by atoms with Gasteiger partial charge in [-0.15, -0.1) is 36.2 Å². The van der Waals surface area contributed by atoms with Crippen LogP contribution in [0.2, 0.25) is 0 Å². The topological polar surface area (TPSA) is 45.2 Å². The molecule has 4 rings (SSSR count). The van der Waals surface area contributed by atoms with Gasteiger partial charge in [0.05, 0.1) is 10.7 Å². The van der Waals surface area contributed by atoms with Gasteiger partial charge in [0, 0.05) is 25.0 Å². The number of aryl methyl sites for hydroxylation is 1. The van der Waals surface area contributed by atoms with Gasteiger partial charge >= 0.3 is 0 Å². The van der Waals surface area contributed by atoms with E-state index in [1.807, 2.05) is 6.92 Å². The summed E-state index contributed by atoms with van der Waals surface area (Å²) in [5, 5.41) is 4.35. The Morgan fingerprint density at radius 2 is 1.93 bits per heavy atom. The number of aromatic nitrogens is 1. The predicted octanol–water partition coefficient (Wildman–Crippen LogP) is 3.99. The summed E-state index contributed by atoms with van der Waals surface area (Å²) >= 11 is 1.48. The molecule has 1 N–H and O–H groups in total. The van der Waals surface area contributed by atoms with E-state index < -0.39 is 0 Å². The minimum Gasteiger partial charge on any atom is -0.331 e. The van der Waals surface area contributed by atoms with Gasteiger partial charge in [-0.2, -0.15) is 0 Å². The summed E-state index contributed by atoms with van der Waals surface area (Å²) in [5.41, 5.74) is 1.82. The van der Waals surface area contributed by atoms with Crippen LogP contribution in [0.4, 0.5) is 4.39 Å². The summed E-state index contributed by atoms with van der Waals surface area (Å²) in [6.07, 6.45) is 3.86. The van der Waals surface area contributed by atoms with Crippen molar-refractivity contribution >= 4 is 42.1 Å². The first-order chi connectivity index (χ1) is 12.1. The van der Waals surface area contributed by atoms with Crippen LogP contribution in [0.5, 0.6) is 0 Å². The second-order valence-electron chi connectivity index (χ2n) is 6.92. The van der Waals surface area contributed by atoms with E-state index in [4.69, 9.17) is 0 Å². The molecular formula is C19H24Cl2FN3OS. The van der Waals surface area contributed by atoms with Crippen LogP contribution >= 0.6 is 36.2 Å². The standard InChI is InChI=1S/C19H22FN3OS.2ClH/c1-12-18(19(24)23-15-6-7-16(23)11-21-9-8-15)25-17(22-12)10-13-2-4-14(20)5-3-13;;/h2-5,15-16,21H,6-11H2,1H3;2*1H. The Balaban J connectivity index is 0.00000131. The first-order valence-corrected chi connectivity index (χ1v) is 9.67. The number of amides is 1. The Labute approximate surface area is 175 Å². The zero-order chi connectivity index (χ0) is 17.4. The number of hydrogen-bond donors (Lipinski definition) is 1. The number of nitrogens with one attached hydrogen (secondary N) is 1. The summed E-state index contributed by atoms with van der Waals surface area (Å²) in [5.74, 6) is -0.100. The molecule has 1 aromatic heterocycles. The van der Waals surface area contributed by atoms with Crippen molar-refractivity contribution in [2.75, 3.05) is 13.1 Å². The molecule has 2 aliphatic rings. The lowest BCUT2D eigenvalue weighted by Gasteiger charge is -2.27. The maximum atomic E-state index is 13.2. The zero-order valence-electron chi connectivity index (χ0n) is 15.1. The highest BCUT2D eigenvalue weighted by Crippen LogP contribution is 2.32. The Bertz CT molecular complexity index is 770. The fourth-order valence-electron chi connectivity index (χ4n) is 3.93. The number of rotatable bonds is 3. The molecule has 2 aromatic rings. The molecule has 2 atom stereocenters. The van der Waals surface area contributed by atoms with Crippen LogP contribution in [-0.2, 0) is 6.42 Å². The highest BCUT2D eigenvalue weighted by Gasteiger charge is 2.39. The van der Waals surface area contributed by atoms with Crippen molar-refractivity contribution in [3.63, 3.8) is 0 Å². The molecule has 2 aliphatic heterocycles. The summed E-state index contributed by atoms with van der Waals surface area (Å²) < 4.78 is 13.0. The second kappa shape index (κ2) is 9.32. The van der Waals surface area contributed by atoms with E-state index in [-0.39, 0.29) is 36.5 Å². The van der Waals surface area contributed by atoms with Crippen molar-refractivity contribution in [1.82, 2.24) is 15.2 Å². The van der Waals surface area contributed by atoms with Crippen LogP contribution in [0.25, 0.3) is 0 Å². The third kappa shape index (κ3) is 4.62. The fourth-order valence-corrected chi connectivity index (χ4v) is 4.98. The van der Waals surface area contributed by atoms with Crippen LogP contribution in [0.3, 0.4) is 0 Å². The van der Waals surface area contributed by atoms with Crippen molar-refractivity contribution in [3.05, 3.63) is 51.2 Å². The van der Waals surface area contributed by atoms with Gasteiger partial charge in [-0.1, -0.05) is 12.1 Å². The fraction of sp³-hybridized carbons (Fsp3) is 0.474. The summed E-state index contributed by atoms with van der Waals surface area (Å²) in [6.45, 7) is 3.79. The lowest BCUT2D eigenvalue weighted by molar-refractivity contribution is 0.0684. The average molecular weight is 432 g/mol. The number of fused-ring (bicyclic) bond motifs is 2. The predicted molar refractivity (Wildman–Crippen MR) is 111 cm³/mol. The van der Waals surface area contributed by atoms with Gasteiger partial charge in [-0.25, -0.2) is 9.37 Å². The van der Waals surface area contributed by atoms with Crippen molar-refractivity contribution in [2.24, 2.45) is 0 Å². The third-order valence-electron chi connectivity index (χ3n) is 5.19. The van der Waals surface area contributed by atoms with E-state index >= 15 is 0 Å². The molecule has 27 heavy (non-hydrogen) atoms. The molecular weight excluding hydrogens is 408 g/mol. The number of carbonyl (C=O) groups excluding carboxylic acids is 1. The van der Waals surface area contributed by atoms with Gasteiger partial charge in [-0.05, 0) is 50.4 Å².